The Labute approximate surface area is 167 Å². The standard InChI is InChI=1S/C19H23N3O5S/c1-5-26-14-7-12-6-10(2)27-15(12)8-13(14)9-20-17(23)16-11(3)22-28-18(16)21-19(24)25-4/h7-8,10H,5-6,9H2,1-4H3,(H,20,23)(H,21,24). The molecule has 0 bridgehead atoms. The monoisotopic (exact) mass is 405 g/mol. The SMILES string of the molecule is CCOc1cc2c(cc1CNC(=O)c1c(C)nsc1NC(=O)OC)OC(C)C2. The second kappa shape index (κ2) is 8.47. The van der Waals surface area contributed by atoms with Crippen molar-refractivity contribution in [3.8, 4) is 11.5 Å². The number of nitrogens with one attached hydrogen (secondary N) is 2. The third-order valence-electron chi connectivity index (χ3n) is 4.31. The predicted octanol–water partition coefficient (Wildman–Crippen LogP) is 3.28. The van der Waals surface area contributed by atoms with Gasteiger partial charge in [0.15, 0.2) is 0 Å². The molecule has 2 aromatic rings. The summed E-state index contributed by atoms with van der Waals surface area (Å²) in [4.78, 5) is 24.2. The Morgan fingerprint density at radius 2 is 2.18 bits per heavy atom. The zero-order chi connectivity index (χ0) is 20.3. The highest BCUT2D eigenvalue weighted by molar-refractivity contribution is 7.11. The fourth-order valence-electron chi connectivity index (χ4n) is 3.04. The Morgan fingerprint density at radius 3 is 2.89 bits per heavy atom. The maximum atomic E-state index is 12.7. The molecule has 0 radical (unpaired) electrons. The molecule has 0 saturated heterocycles. The highest BCUT2D eigenvalue weighted by Crippen LogP contribution is 2.35. The molecule has 9 heteroatoms. The smallest absolute Gasteiger partial charge is 0.412 e. The minimum absolute atomic E-state index is 0.126. The fourth-order valence-corrected chi connectivity index (χ4v) is 3.82. The van der Waals surface area contributed by atoms with Crippen molar-refractivity contribution in [1.82, 2.24) is 9.69 Å². The molecular formula is C19H23N3O5S. The van der Waals surface area contributed by atoms with Crippen molar-refractivity contribution in [2.24, 2.45) is 0 Å². The van der Waals surface area contributed by atoms with E-state index in [1.807, 2.05) is 26.0 Å². The van der Waals surface area contributed by atoms with E-state index < -0.39 is 6.09 Å². The summed E-state index contributed by atoms with van der Waals surface area (Å²) in [7, 11) is 1.26. The number of anilines is 1. The number of hydrogen-bond donors (Lipinski definition) is 2. The van der Waals surface area contributed by atoms with E-state index in [9.17, 15) is 9.59 Å². The number of methoxy groups -OCH3 is 1. The van der Waals surface area contributed by atoms with Crippen LogP contribution in [0.25, 0.3) is 0 Å². The van der Waals surface area contributed by atoms with Gasteiger partial charge in [0.2, 0.25) is 0 Å². The first-order valence-electron chi connectivity index (χ1n) is 8.97. The van der Waals surface area contributed by atoms with E-state index in [0.29, 0.717) is 22.9 Å². The molecule has 1 aliphatic rings. The van der Waals surface area contributed by atoms with Gasteiger partial charge in [-0.2, -0.15) is 4.37 Å². The third-order valence-corrected chi connectivity index (χ3v) is 5.16. The fraction of sp³-hybridized carbons (Fsp3) is 0.421. The average molecular weight is 405 g/mol. The van der Waals surface area contributed by atoms with Gasteiger partial charge in [0, 0.05) is 24.1 Å². The van der Waals surface area contributed by atoms with E-state index >= 15 is 0 Å². The van der Waals surface area contributed by atoms with Gasteiger partial charge >= 0.3 is 6.09 Å². The zero-order valence-electron chi connectivity index (χ0n) is 16.3. The first-order valence-corrected chi connectivity index (χ1v) is 9.75. The van der Waals surface area contributed by atoms with Crippen molar-refractivity contribution < 1.29 is 23.8 Å². The summed E-state index contributed by atoms with van der Waals surface area (Å²) in [5, 5.41) is 5.74. The largest absolute Gasteiger partial charge is 0.494 e. The summed E-state index contributed by atoms with van der Waals surface area (Å²) in [5.41, 5.74) is 2.78. The van der Waals surface area contributed by atoms with Crippen molar-refractivity contribution in [1.29, 1.82) is 0 Å². The summed E-state index contributed by atoms with van der Waals surface area (Å²) in [6.07, 6.45) is 0.312. The van der Waals surface area contributed by atoms with Crippen LogP contribution in [0.2, 0.25) is 0 Å². The molecule has 1 aromatic carbocycles. The molecule has 1 aromatic heterocycles. The lowest BCUT2D eigenvalue weighted by Crippen LogP contribution is -2.25. The van der Waals surface area contributed by atoms with Gasteiger partial charge in [-0.1, -0.05) is 0 Å². The van der Waals surface area contributed by atoms with Gasteiger partial charge in [-0.15, -0.1) is 0 Å². The number of fused-ring (bicyclic) bond motifs is 1. The zero-order valence-corrected chi connectivity index (χ0v) is 17.1. The Morgan fingerprint density at radius 1 is 1.39 bits per heavy atom. The number of amides is 2. The van der Waals surface area contributed by atoms with Crippen LogP contribution >= 0.6 is 11.5 Å². The molecule has 150 valence electrons. The summed E-state index contributed by atoms with van der Waals surface area (Å²) < 4.78 is 20.3. The van der Waals surface area contributed by atoms with Gasteiger partial charge in [0.05, 0.1) is 25.0 Å². The normalized spacial score (nSPS) is 14.8. The van der Waals surface area contributed by atoms with Gasteiger partial charge in [-0.05, 0) is 44.4 Å². The molecule has 1 atom stereocenters. The molecule has 3 rings (SSSR count). The van der Waals surface area contributed by atoms with Crippen molar-refractivity contribution in [3.05, 3.63) is 34.5 Å². The molecule has 0 aliphatic carbocycles. The van der Waals surface area contributed by atoms with Gasteiger partial charge in [0.1, 0.15) is 22.6 Å². The number of hydrogen-bond acceptors (Lipinski definition) is 7. The summed E-state index contributed by atoms with van der Waals surface area (Å²) in [6.45, 7) is 6.43. The first-order chi connectivity index (χ1) is 13.4. The maximum Gasteiger partial charge on any atom is 0.412 e. The quantitative estimate of drug-likeness (QED) is 0.765. The number of nitrogens with zero attached hydrogens (tertiary/aromatic N) is 1. The summed E-state index contributed by atoms with van der Waals surface area (Å²) in [6, 6.07) is 3.89. The van der Waals surface area contributed by atoms with Crippen LogP contribution in [0.3, 0.4) is 0 Å². The molecule has 28 heavy (non-hydrogen) atoms. The van der Waals surface area contributed by atoms with Crippen LogP contribution < -0.4 is 20.1 Å². The average Bonchev–Trinajstić information content (AvgIpc) is 3.20. The Kier molecular flexibility index (Phi) is 6.03. The van der Waals surface area contributed by atoms with Crippen molar-refractivity contribution in [2.45, 2.75) is 39.8 Å². The molecule has 2 heterocycles. The number of aromatic nitrogens is 1. The lowest BCUT2D eigenvalue weighted by molar-refractivity contribution is 0.0951. The van der Waals surface area contributed by atoms with Crippen LogP contribution in [0.15, 0.2) is 12.1 Å². The second-order valence-electron chi connectivity index (χ2n) is 6.40. The van der Waals surface area contributed by atoms with E-state index in [0.717, 1.165) is 40.6 Å². The van der Waals surface area contributed by atoms with Crippen molar-refractivity contribution in [3.63, 3.8) is 0 Å². The van der Waals surface area contributed by atoms with Gasteiger partial charge in [-0.3, -0.25) is 10.1 Å². The number of benzene rings is 1. The van der Waals surface area contributed by atoms with E-state index in [4.69, 9.17) is 9.47 Å². The number of aryl methyl sites for hydroxylation is 1. The van der Waals surface area contributed by atoms with Crippen molar-refractivity contribution in [2.75, 3.05) is 19.0 Å². The number of carbonyl (C=O) groups excluding carboxylic acids is 2. The van der Waals surface area contributed by atoms with Crippen molar-refractivity contribution >= 4 is 28.5 Å². The molecule has 0 fully saturated rings. The van der Waals surface area contributed by atoms with Crippen LogP contribution in [0.4, 0.5) is 9.80 Å². The molecule has 0 saturated carbocycles. The maximum absolute atomic E-state index is 12.7. The Bertz CT molecular complexity index is 896. The first kappa shape index (κ1) is 19.9. The Hall–Kier alpha value is -2.81. The van der Waals surface area contributed by atoms with Crippen LogP contribution in [0.1, 0.15) is 41.0 Å². The van der Waals surface area contributed by atoms with E-state index in [1.54, 1.807) is 6.92 Å². The highest BCUT2D eigenvalue weighted by atomic mass is 32.1. The van der Waals surface area contributed by atoms with Gasteiger partial charge < -0.3 is 19.5 Å². The van der Waals surface area contributed by atoms with Crippen LogP contribution in [-0.4, -0.2) is 36.2 Å². The second-order valence-corrected chi connectivity index (χ2v) is 7.18. The molecular weight excluding hydrogens is 382 g/mol. The lowest BCUT2D eigenvalue weighted by Gasteiger charge is -2.13. The Balaban J connectivity index is 1.77. The van der Waals surface area contributed by atoms with E-state index in [2.05, 4.69) is 19.7 Å². The summed E-state index contributed by atoms with van der Waals surface area (Å²) in [5.74, 6) is 1.21. The molecule has 2 amide bonds. The number of ether oxygens (including phenoxy) is 3. The number of rotatable bonds is 6. The summed E-state index contributed by atoms with van der Waals surface area (Å²) >= 11 is 1.03. The van der Waals surface area contributed by atoms with Gasteiger partial charge in [-0.25, -0.2) is 4.79 Å². The van der Waals surface area contributed by atoms with E-state index in [1.165, 1.54) is 7.11 Å². The lowest BCUT2D eigenvalue weighted by atomic mass is 10.1. The highest BCUT2D eigenvalue weighted by Gasteiger charge is 2.23. The van der Waals surface area contributed by atoms with Crippen LogP contribution in [0.5, 0.6) is 11.5 Å². The molecule has 1 unspecified atom stereocenters. The van der Waals surface area contributed by atoms with Crippen LogP contribution in [-0.2, 0) is 17.7 Å². The van der Waals surface area contributed by atoms with E-state index in [-0.39, 0.29) is 18.6 Å². The van der Waals surface area contributed by atoms with Crippen LogP contribution in [0, 0.1) is 6.92 Å². The molecule has 2 N–H and O–H groups in total. The molecule has 1 aliphatic heterocycles. The minimum Gasteiger partial charge on any atom is -0.494 e. The molecule has 0 spiro atoms. The van der Waals surface area contributed by atoms with Gasteiger partial charge in [0.25, 0.3) is 5.91 Å². The molecule has 8 nitrogen and oxygen atoms in total. The topological polar surface area (TPSA) is 98.8 Å². The third kappa shape index (κ3) is 4.19. The number of carbonyl (C=O) groups is 2. The minimum atomic E-state index is -0.652. The predicted molar refractivity (Wildman–Crippen MR) is 105 cm³/mol.